The number of hydrogen-bond acceptors (Lipinski definition) is 4. The van der Waals surface area contributed by atoms with Gasteiger partial charge in [0.1, 0.15) is 11.6 Å². The van der Waals surface area contributed by atoms with Crippen LogP contribution in [0.25, 0.3) is 10.2 Å². The average Bonchev–Trinajstić information content (AvgIpc) is 2.91. The van der Waals surface area contributed by atoms with E-state index in [4.69, 9.17) is 11.6 Å². The number of aromatic nitrogens is 1. The maximum Gasteiger partial charge on any atom is 0.282 e. The van der Waals surface area contributed by atoms with Crippen molar-refractivity contribution in [2.45, 2.75) is 11.4 Å². The Balaban J connectivity index is 2.20. The highest BCUT2D eigenvalue weighted by molar-refractivity contribution is 7.89. The predicted molar refractivity (Wildman–Crippen MR) is 96.3 cm³/mol. The lowest BCUT2D eigenvalue weighted by Crippen LogP contribution is -2.17. The quantitative estimate of drug-likeness (QED) is 0.673. The number of hydrogen-bond donors (Lipinski definition) is 1. The third-order valence-corrected chi connectivity index (χ3v) is 5.54. The van der Waals surface area contributed by atoms with Crippen molar-refractivity contribution in [3.63, 3.8) is 0 Å². The first-order valence-electron chi connectivity index (χ1n) is 7.34. The van der Waals surface area contributed by atoms with Crippen LogP contribution >= 0.6 is 11.3 Å². The molecule has 0 unspecified atom stereocenters. The van der Waals surface area contributed by atoms with Crippen LogP contribution in [0.5, 0.6) is 0 Å². The zero-order valence-corrected chi connectivity index (χ0v) is 15.2. The lowest BCUT2D eigenvalue weighted by Gasteiger charge is -2.01. The molecule has 0 fully saturated rings. The average molecular weight is 407 g/mol. The number of fused-ring (bicyclic) bond motifs is 1. The Morgan fingerprint density at radius 3 is 2.63 bits per heavy atom. The fraction of sp³-hybridized carbons (Fsp3) is 0.0588. The first kappa shape index (κ1) is 18.9. The van der Waals surface area contributed by atoms with Crippen LogP contribution in [0.2, 0.25) is 0 Å². The molecular formula is C17H11F2N3O3S2. The standard InChI is InChI=1S/C17H11F2N3O3S2/c1-2-7-22-14-6-4-11(27(20,24)25)9-15(14)26-17(22)21-16(23)12-5-3-10(18)8-13(12)19/h1,3-6,8-9H,7H2,(H2,20,24,25). The molecule has 0 bridgehead atoms. The fourth-order valence-electron chi connectivity index (χ4n) is 2.37. The van der Waals surface area contributed by atoms with E-state index >= 15 is 0 Å². The third-order valence-electron chi connectivity index (χ3n) is 3.59. The molecule has 2 N–H and O–H groups in total. The zero-order chi connectivity index (χ0) is 19.8. The minimum Gasteiger partial charge on any atom is -0.305 e. The van der Waals surface area contributed by atoms with Crippen LogP contribution in [0.3, 0.4) is 0 Å². The van der Waals surface area contributed by atoms with Gasteiger partial charge in [-0.3, -0.25) is 4.79 Å². The van der Waals surface area contributed by atoms with Crippen LogP contribution in [0.15, 0.2) is 46.3 Å². The minimum absolute atomic E-state index is 0.0483. The second-order valence-electron chi connectivity index (χ2n) is 5.39. The van der Waals surface area contributed by atoms with E-state index in [1.54, 1.807) is 0 Å². The molecule has 1 aromatic heterocycles. The molecule has 3 rings (SSSR count). The first-order valence-corrected chi connectivity index (χ1v) is 9.71. The van der Waals surface area contributed by atoms with Gasteiger partial charge < -0.3 is 4.57 Å². The summed E-state index contributed by atoms with van der Waals surface area (Å²) in [4.78, 5) is 16.2. The van der Waals surface area contributed by atoms with E-state index in [2.05, 4.69) is 10.9 Å². The molecule has 0 saturated heterocycles. The second kappa shape index (κ2) is 7.03. The van der Waals surface area contributed by atoms with Crippen LogP contribution in [0, 0.1) is 24.0 Å². The smallest absolute Gasteiger partial charge is 0.282 e. The van der Waals surface area contributed by atoms with Crippen molar-refractivity contribution in [3.8, 4) is 12.3 Å². The largest absolute Gasteiger partial charge is 0.305 e. The van der Waals surface area contributed by atoms with Crippen molar-refractivity contribution < 1.29 is 22.0 Å². The molecule has 0 atom stereocenters. The summed E-state index contributed by atoms with van der Waals surface area (Å²) < 4.78 is 51.8. The molecule has 0 saturated carbocycles. The number of carbonyl (C=O) groups is 1. The van der Waals surface area contributed by atoms with Crippen molar-refractivity contribution in [2.75, 3.05) is 0 Å². The molecule has 2 aromatic carbocycles. The summed E-state index contributed by atoms with van der Waals surface area (Å²) in [5.74, 6) is -0.362. The van der Waals surface area contributed by atoms with Gasteiger partial charge in [-0.1, -0.05) is 17.3 Å². The van der Waals surface area contributed by atoms with Gasteiger partial charge in [-0.25, -0.2) is 22.3 Å². The van der Waals surface area contributed by atoms with E-state index < -0.39 is 33.1 Å². The molecule has 6 nitrogen and oxygen atoms in total. The highest BCUT2D eigenvalue weighted by Gasteiger charge is 2.15. The molecule has 0 radical (unpaired) electrons. The summed E-state index contributed by atoms with van der Waals surface area (Å²) in [7, 11) is -3.91. The van der Waals surface area contributed by atoms with E-state index in [1.165, 1.54) is 22.8 Å². The number of sulfonamides is 1. The third kappa shape index (κ3) is 3.80. The Morgan fingerprint density at radius 1 is 1.26 bits per heavy atom. The van der Waals surface area contributed by atoms with Crippen molar-refractivity contribution in [1.29, 1.82) is 0 Å². The zero-order valence-electron chi connectivity index (χ0n) is 13.5. The Kier molecular flexibility index (Phi) is 4.93. The molecule has 1 heterocycles. The van der Waals surface area contributed by atoms with Gasteiger partial charge in [0.25, 0.3) is 5.91 Å². The molecule has 1 amide bonds. The Hall–Kier alpha value is -2.87. The van der Waals surface area contributed by atoms with E-state index in [-0.39, 0.29) is 16.2 Å². The van der Waals surface area contributed by atoms with Gasteiger partial charge in [-0.2, -0.15) is 4.99 Å². The van der Waals surface area contributed by atoms with Gasteiger partial charge in [-0.15, -0.1) is 6.42 Å². The van der Waals surface area contributed by atoms with Gasteiger partial charge in [0.15, 0.2) is 4.80 Å². The predicted octanol–water partition coefficient (Wildman–Crippen LogP) is 2.00. The van der Waals surface area contributed by atoms with E-state index in [1.807, 2.05) is 0 Å². The highest BCUT2D eigenvalue weighted by Crippen LogP contribution is 2.21. The number of carbonyl (C=O) groups excluding carboxylic acids is 1. The number of benzene rings is 2. The van der Waals surface area contributed by atoms with Crippen LogP contribution in [-0.4, -0.2) is 18.9 Å². The van der Waals surface area contributed by atoms with E-state index in [0.29, 0.717) is 16.3 Å². The number of nitrogens with two attached hydrogens (primary N) is 1. The lowest BCUT2D eigenvalue weighted by molar-refractivity contribution is 0.0994. The summed E-state index contributed by atoms with van der Waals surface area (Å²) in [6, 6.07) is 6.67. The van der Waals surface area contributed by atoms with Crippen molar-refractivity contribution >= 4 is 37.5 Å². The molecule has 3 aromatic rings. The number of nitrogens with zero attached hydrogens (tertiary/aromatic N) is 2. The number of terminal acetylenes is 1. The number of amides is 1. The second-order valence-corrected chi connectivity index (χ2v) is 7.96. The van der Waals surface area contributed by atoms with Crippen LogP contribution < -0.4 is 9.94 Å². The Labute approximate surface area is 156 Å². The van der Waals surface area contributed by atoms with Gasteiger partial charge in [-0.05, 0) is 30.3 Å². The Bertz CT molecular complexity index is 1280. The maximum atomic E-state index is 13.8. The van der Waals surface area contributed by atoms with Crippen molar-refractivity contribution in [2.24, 2.45) is 10.1 Å². The van der Waals surface area contributed by atoms with Crippen molar-refractivity contribution in [3.05, 3.63) is 58.4 Å². The molecular weight excluding hydrogens is 396 g/mol. The number of thiazole rings is 1. The SMILES string of the molecule is C#CCn1c(=NC(=O)c2ccc(F)cc2F)sc2cc(S(N)(=O)=O)ccc21. The Morgan fingerprint density at radius 2 is 2.00 bits per heavy atom. The van der Waals surface area contributed by atoms with Crippen LogP contribution in [0.4, 0.5) is 8.78 Å². The summed E-state index contributed by atoms with van der Waals surface area (Å²) in [5.41, 5.74) is 0.141. The minimum atomic E-state index is -3.91. The maximum absolute atomic E-state index is 13.8. The highest BCUT2D eigenvalue weighted by atomic mass is 32.2. The molecule has 0 aliphatic heterocycles. The molecule has 0 aliphatic carbocycles. The summed E-state index contributed by atoms with van der Waals surface area (Å²) >= 11 is 0.990. The normalized spacial score (nSPS) is 12.3. The van der Waals surface area contributed by atoms with Gasteiger partial charge >= 0.3 is 0 Å². The topological polar surface area (TPSA) is 94.5 Å². The van der Waals surface area contributed by atoms with Crippen molar-refractivity contribution in [1.82, 2.24) is 4.57 Å². The monoisotopic (exact) mass is 407 g/mol. The molecule has 10 heteroatoms. The number of halogens is 2. The lowest BCUT2D eigenvalue weighted by atomic mass is 10.2. The van der Waals surface area contributed by atoms with E-state index in [0.717, 1.165) is 23.5 Å². The number of rotatable bonds is 3. The van der Waals surface area contributed by atoms with Crippen LogP contribution in [0.1, 0.15) is 10.4 Å². The van der Waals surface area contributed by atoms with E-state index in [9.17, 15) is 22.0 Å². The van der Waals surface area contributed by atoms with Gasteiger partial charge in [0, 0.05) is 6.07 Å². The van der Waals surface area contributed by atoms with Crippen LogP contribution in [-0.2, 0) is 16.6 Å². The van der Waals surface area contributed by atoms with Gasteiger partial charge in [0.05, 0.1) is 27.2 Å². The molecule has 27 heavy (non-hydrogen) atoms. The molecule has 0 aliphatic rings. The molecule has 0 spiro atoms. The van der Waals surface area contributed by atoms with Gasteiger partial charge in [0.2, 0.25) is 10.0 Å². The first-order chi connectivity index (χ1) is 12.7. The fourth-order valence-corrected chi connectivity index (χ4v) is 4.05. The molecule has 138 valence electrons. The summed E-state index contributed by atoms with van der Waals surface area (Å²) in [6.45, 7) is 0.0483. The summed E-state index contributed by atoms with van der Waals surface area (Å²) in [6.07, 6.45) is 5.35. The summed E-state index contributed by atoms with van der Waals surface area (Å²) in [5, 5.41) is 5.12. The number of primary sulfonamides is 1.